The molecule has 1 aromatic carbocycles. The van der Waals surface area contributed by atoms with Crippen molar-refractivity contribution in [2.75, 3.05) is 5.32 Å². The van der Waals surface area contributed by atoms with Gasteiger partial charge in [-0.05, 0) is 50.8 Å². The molecule has 1 fully saturated rings. The lowest BCUT2D eigenvalue weighted by Gasteiger charge is -2.14. The van der Waals surface area contributed by atoms with E-state index in [1.165, 1.54) is 0 Å². The highest BCUT2D eigenvalue weighted by Gasteiger charge is 2.38. The van der Waals surface area contributed by atoms with Crippen molar-refractivity contribution in [3.05, 3.63) is 52.0 Å². The number of carbonyl (C=O) groups excluding carboxylic acids is 1. The molecule has 1 aliphatic carbocycles. The number of aryl methyl sites for hydroxylation is 3. The van der Waals surface area contributed by atoms with Crippen molar-refractivity contribution in [1.29, 1.82) is 0 Å². The summed E-state index contributed by atoms with van der Waals surface area (Å²) >= 11 is 6.06. The van der Waals surface area contributed by atoms with Gasteiger partial charge in [-0.2, -0.15) is 4.98 Å². The van der Waals surface area contributed by atoms with E-state index in [2.05, 4.69) is 17.2 Å². The van der Waals surface area contributed by atoms with Gasteiger partial charge in [-0.15, -0.1) is 0 Å². The number of hydrogen-bond acceptors (Lipinski definition) is 5. The van der Waals surface area contributed by atoms with Crippen LogP contribution in [0.25, 0.3) is 11.1 Å². The second-order valence-electron chi connectivity index (χ2n) is 7.38. The molecule has 1 saturated carbocycles. The van der Waals surface area contributed by atoms with Gasteiger partial charge in [0.05, 0.1) is 10.9 Å². The fourth-order valence-corrected chi connectivity index (χ4v) is 3.41. The molecule has 0 spiro atoms. The normalized spacial score (nSPS) is 15.1. The largest absolute Gasteiger partial charge is 0.442 e. The van der Waals surface area contributed by atoms with Gasteiger partial charge in [0.2, 0.25) is 5.71 Å². The Morgan fingerprint density at radius 2 is 2.11 bits per heavy atom. The van der Waals surface area contributed by atoms with E-state index >= 15 is 0 Å². The molecule has 0 bridgehead atoms. The van der Waals surface area contributed by atoms with E-state index in [1.807, 2.05) is 24.3 Å². The number of halogens is 1. The highest BCUT2D eigenvalue weighted by molar-refractivity contribution is 6.30. The lowest BCUT2D eigenvalue weighted by Crippen LogP contribution is -2.19. The summed E-state index contributed by atoms with van der Waals surface area (Å²) in [4.78, 5) is 21.2. The minimum Gasteiger partial charge on any atom is -0.442 e. The van der Waals surface area contributed by atoms with Gasteiger partial charge in [0.25, 0.3) is 5.91 Å². The Kier molecular flexibility index (Phi) is 4.30. The number of hydrogen-bond donors (Lipinski definition) is 2. The summed E-state index contributed by atoms with van der Waals surface area (Å²) in [7, 11) is 0. The Bertz CT molecular complexity index is 1040. The van der Waals surface area contributed by atoms with Crippen LogP contribution in [-0.2, 0) is 12.8 Å². The maximum Gasteiger partial charge on any atom is 0.253 e. The molecule has 6 nitrogen and oxygen atoms in total. The van der Waals surface area contributed by atoms with Crippen LogP contribution in [-0.4, -0.2) is 21.4 Å². The number of fused-ring (bicyclic) bond motifs is 1. The van der Waals surface area contributed by atoms with Gasteiger partial charge >= 0.3 is 0 Å². The maximum absolute atomic E-state index is 11.9. The Labute approximate surface area is 162 Å². The minimum atomic E-state index is -0.537. The predicted octanol–water partition coefficient (Wildman–Crippen LogP) is 4.03. The van der Waals surface area contributed by atoms with Crippen LogP contribution in [0.4, 0.5) is 5.82 Å². The zero-order chi connectivity index (χ0) is 19.2. The fraction of sp³-hybridized carbons (Fsp3) is 0.350. The van der Waals surface area contributed by atoms with Crippen molar-refractivity contribution < 1.29 is 9.21 Å². The van der Waals surface area contributed by atoms with Crippen LogP contribution in [0, 0.1) is 6.92 Å². The van der Waals surface area contributed by atoms with Crippen molar-refractivity contribution in [3.63, 3.8) is 0 Å². The Hall–Kier alpha value is -2.60. The van der Waals surface area contributed by atoms with E-state index in [9.17, 15) is 4.79 Å². The number of amides is 1. The van der Waals surface area contributed by atoms with E-state index < -0.39 is 5.91 Å². The molecule has 1 amide bonds. The van der Waals surface area contributed by atoms with Crippen molar-refractivity contribution in [1.82, 2.24) is 9.97 Å². The molecule has 7 heteroatoms. The number of anilines is 1. The smallest absolute Gasteiger partial charge is 0.253 e. The van der Waals surface area contributed by atoms with Crippen molar-refractivity contribution >= 4 is 34.4 Å². The summed E-state index contributed by atoms with van der Waals surface area (Å²) in [5, 5.41) is 4.73. The van der Waals surface area contributed by atoms with Crippen molar-refractivity contribution in [3.8, 4) is 0 Å². The van der Waals surface area contributed by atoms with Crippen LogP contribution in [0.5, 0.6) is 0 Å². The van der Waals surface area contributed by atoms with Gasteiger partial charge in [-0.1, -0.05) is 23.7 Å². The molecular weight excluding hydrogens is 364 g/mol. The summed E-state index contributed by atoms with van der Waals surface area (Å²) in [6.07, 6.45) is 3.50. The first-order chi connectivity index (χ1) is 12.8. The van der Waals surface area contributed by atoms with Crippen molar-refractivity contribution in [2.24, 2.45) is 5.73 Å². The Balaban J connectivity index is 1.72. The van der Waals surface area contributed by atoms with E-state index in [1.54, 1.807) is 6.92 Å². The SMILES string of the molecule is Cc1oc2nc(CCc3cccc(Cl)c3)nc(NC3(C)CC3)c2c1C(N)=O. The summed E-state index contributed by atoms with van der Waals surface area (Å²) in [6, 6.07) is 7.74. The highest BCUT2D eigenvalue weighted by Crippen LogP contribution is 2.40. The van der Waals surface area contributed by atoms with E-state index in [0.29, 0.717) is 45.5 Å². The first kappa shape index (κ1) is 17.8. The Morgan fingerprint density at radius 1 is 1.33 bits per heavy atom. The van der Waals surface area contributed by atoms with Gasteiger partial charge in [-0.25, -0.2) is 4.98 Å². The summed E-state index contributed by atoms with van der Waals surface area (Å²) < 4.78 is 5.73. The van der Waals surface area contributed by atoms with Crippen molar-refractivity contribution in [2.45, 2.75) is 45.1 Å². The van der Waals surface area contributed by atoms with E-state index in [4.69, 9.17) is 26.7 Å². The van der Waals surface area contributed by atoms with Gasteiger partial charge in [0.15, 0.2) is 0 Å². The number of rotatable bonds is 6. The van der Waals surface area contributed by atoms with Crippen LogP contribution in [0.3, 0.4) is 0 Å². The number of furan rings is 1. The number of nitrogens with two attached hydrogens (primary N) is 1. The first-order valence-electron chi connectivity index (χ1n) is 8.97. The number of nitrogens with one attached hydrogen (secondary N) is 1. The Morgan fingerprint density at radius 3 is 2.78 bits per heavy atom. The molecule has 0 unspecified atom stereocenters. The van der Waals surface area contributed by atoms with Crippen LogP contribution in [0.1, 0.15) is 47.3 Å². The summed E-state index contributed by atoms with van der Waals surface area (Å²) in [6.45, 7) is 3.85. The predicted molar refractivity (Wildman–Crippen MR) is 105 cm³/mol. The van der Waals surface area contributed by atoms with Crippen LogP contribution >= 0.6 is 11.6 Å². The minimum absolute atomic E-state index is 0.00833. The van der Waals surface area contributed by atoms with E-state index in [-0.39, 0.29) is 5.54 Å². The second-order valence-corrected chi connectivity index (χ2v) is 7.82. The van der Waals surface area contributed by atoms with Crippen LogP contribution < -0.4 is 11.1 Å². The van der Waals surface area contributed by atoms with E-state index in [0.717, 1.165) is 24.8 Å². The second kappa shape index (κ2) is 6.53. The molecule has 3 aromatic rings. The first-order valence-corrected chi connectivity index (χ1v) is 9.35. The lowest BCUT2D eigenvalue weighted by atomic mass is 10.1. The molecule has 2 aromatic heterocycles. The molecule has 0 atom stereocenters. The summed E-state index contributed by atoms with van der Waals surface area (Å²) in [5.41, 5.74) is 7.41. The third-order valence-corrected chi connectivity index (χ3v) is 5.20. The zero-order valence-corrected chi connectivity index (χ0v) is 16.1. The molecule has 0 saturated heterocycles. The molecular formula is C20H21ClN4O2. The topological polar surface area (TPSA) is 94.0 Å². The molecule has 27 heavy (non-hydrogen) atoms. The molecule has 0 aliphatic heterocycles. The molecule has 0 radical (unpaired) electrons. The van der Waals surface area contributed by atoms with Gasteiger partial charge in [0, 0.05) is 17.0 Å². The van der Waals surface area contributed by atoms with Gasteiger partial charge < -0.3 is 15.5 Å². The quantitative estimate of drug-likeness (QED) is 0.669. The summed E-state index contributed by atoms with van der Waals surface area (Å²) in [5.74, 6) is 1.19. The van der Waals surface area contributed by atoms with Crippen LogP contribution in [0.2, 0.25) is 5.02 Å². The number of nitrogens with zero attached hydrogens (tertiary/aromatic N) is 2. The third-order valence-electron chi connectivity index (χ3n) is 4.97. The number of primary amides is 1. The molecule has 2 heterocycles. The number of carbonyl (C=O) groups is 1. The van der Waals surface area contributed by atoms with Crippen LogP contribution in [0.15, 0.2) is 28.7 Å². The number of aromatic nitrogens is 2. The van der Waals surface area contributed by atoms with Gasteiger partial charge in [-0.3, -0.25) is 4.79 Å². The highest BCUT2D eigenvalue weighted by atomic mass is 35.5. The third kappa shape index (κ3) is 3.62. The molecule has 3 N–H and O–H groups in total. The van der Waals surface area contributed by atoms with Gasteiger partial charge in [0.1, 0.15) is 17.4 Å². The monoisotopic (exact) mass is 384 g/mol. The standard InChI is InChI=1S/C20H21ClN4O2/c1-11-15(17(22)26)16-18(25-20(2)8-9-20)23-14(24-19(16)27-11)7-6-12-4-3-5-13(21)10-12/h3-5,10H,6-9H2,1-2H3,(H2,22,26)(H,23,24,25). The molecule has 1 aliphatic rings. The average Bonchev–Trinajstić information content (AvgIpc) is 3.21. The maximum atomic E-state index is 11.9. The average molecular weight is 385 g/mol. The zero-order valence-electron chi connectivity index (χ0n) is 15.3. The fourth-order valence-electron chi connectivity index (χ4n) is 3.20. The number of benzene rings is 1. The molecule has 140 valence electrons. The molecule has 4 rings (SSSR count). The lowest BCUT2D eigenvalue weighted by molar-refractivity contribution is 0.1000.